The highest BCUT2D eigenvalue weighted by Gasteiger charge is 2.22. The summed E-state index contributed by atoms with van der Waals surface area (Å²) in [6.07, 6.45) is 0. The fourth-order valence-electron chi connectivity index (χ4n) is 2.12. The number of aromatic nitrogens is 1. The molecule has 0 aliphatic rings. The van der Waals surface area contributed by atoms with Gasteiger partial charge in [0.05, 0.1) is 15.7 Å². The van der Waals surface area contributed by atoms with Gasteiger partial charge in [-0.1, -0.05) is 36.4 Å². The highest BCUT2D eigenvalue weighted by Crippen LogP contribution is 2.28. The molecule has 0 fully saturated rings. The minimum atomic E-state index is -1.53. The average molecular weight is 285 g/mol. The minimum absolute atomic E-state index is 0.0200. The highest BCUT2D eigenvalue weighted by atomic mass is 32.2. The van der Waals surface area contributed by atoms with E-state index in [9.17, 15) is 14.1 Å². The lowest BCUT2D eigenvalue weighted by Gasteiger charge is -2.02. The number of para-hydroxylation sites is 1. The number of carbonyl (C=O) groups is 1. The molecule has 3 aromatic rings. The smallest absolute Gasteiger partial charge is 0.353 e. The molecule has 0 unspecified atom stereocenters. The van der Waals surface area contributed by atoms with Crippen molar-refractivity contribution < 1.29 is 14.1 Å². The van der Waals surface area contributed by atoms with Crippen LogP contribution in [-0.4, -0.2) is 20.3 Å². The van der Waals surface area contributed by atoms with Gasteiger partial charge in [0, 0.05) is 15.8 Å². The van der Waals surface area contributed by atoms with Crippen molar-refractivity contribution in [1.82, 2.24) is 4.98 Å². The van der Waals surface area contributed by atoms with Crippen molar-refractivity contribution in [2.75, 3.05) is 0 Å². The zero-order valence-corrected chi connectivity index (χ0v) is 11.2. The Balaban J connectivity index is 2.27. The fraction of sp³-hybridized carbons (Fsp3) is 0. The predicted octanol–water partition coefficient (Wildman–Crippen LogP) is 3.03. The van der Waals surface area contributed by atoms with Crippen molar-refractivity contribution in [1.29, 1.82) is 0 Å². The van der Waals surface area contributed by atoms with Crippen molar-refractivity contribution in [3.05, 3.63) is 60.3 Å². The van der Waals surface area contributed by atoms with E-state index in [0.29, 0.717) is 20.7 Å². The molecule has 2 N–H and O–H groups in total. The van der Waals surface area contributed by atoms with Gasteiger partial charge in [-0.2, -0.15) is 0 Å². The zero-order chi connectivity index (χ0) is 14.1. The monoisotopic (exact) mass is 285 g/mol. The van der Waals surface area contributed by atoms with Crippen LogP contribution in [-0.2, 0) is 10.8 Å². The van der Waals surface area contributed by atoms with Crippen LogP contribution in [0.1, 0.15) is 10.5 Å². The molecule has 0 radical (unpaired) electrons. The molecular formula is C15H11NO3S. The highest BCUT2D eigenvalue weighted by molar-refractivity contribution is 7.85. The van der Waals surface area contributed by atoms with E-state index in [2.05, 4.69) is 4.98 Å². The van der Waals surface area contributed by atoms with Crippen LogP contribution in [0.5, 0.6) is 0 Å². The molecule has 3 rings (SSSR count). The molecule has 1 atom stereocenters. The standard InChI is InChI=1S/C15H11NO3S/c17-15(18)13-14(11-8-4-5-9-12(11)16-13)20(19)10-6-2-1-3-7-10/h1-9,16H,(H,17,18)/t20-/m1/s1. The lowest BCUT2D eigenvalue weighted by molar-refractivity contribution is 0.0687. The summed E-state index contributed by atoms with van der Waals surface area (Å²) >= 11 is 0. The Kier molecular flexibility index (Phi) is 3.12. The molecule has 0 bridgehead atoms. The average Bonchev–Trinajstić information content (AvgIpc) is 2.87. The van der Waals surface area contributed by atoms with E-state index >= 15 is 0 Å². The predicted molar refractivity (Wildman–Crippen MR) is 76.4 cm³/mol. The molecule has 1 heterocycles. The normalized spacial score (nSPS) is 12.4. The van der Waals surface area contributed by atoms with Gasteiger partial charge in [-0.25, -0.2) is 9.00 Å². The van der Waals surface area contributed by atoms with Crippen LogP contribution in [0.3, 0.4) is 0 Å². The van der Waals surface area contributed by atoms with Crippen molar-refractivity contribution in [2.24, 2.45) is 0 Å². The van der Waals surface area contributed by atoms with Gasteiger partial charge in [-0.15, -0.1) is 0 Å². The summed E-state index contributed by atoms with van der Waals surface area (Å²) in [6.45, 7) is 0. The summed E-state index contributed by atoms with van der Waals surface area (Å²) in [7, 11) is -1.53. The van der Waals surface area contributed by atoms with E-state index in [0.717, 1.165) is 0 Å². The first-order chi connectivity index (χ1) is 9.68. The molecule has 20 heavy (non-hydrogen) atoms. The van der Waals surface area contributed by atoms with Gasteiger partial charge >= 0.3 is 5.97 Å². The summed E-state index contributed by atoms with van der Waals surface area (Å²) in [4.78, 5) is 15.1. The summed E-state index contributed by atoms with van der Waals surface area (Å²) in [5.74, 6) is -1.11. The minimum Gasteiger partial charge on any atom is -0.477 e. The Morgan fingerprint density at radius 2 is 1.65 bits per heavy atom. The van der Waals surface area contributed by atoms with E-state index in [4.69, 9.17) is 0 Å². The van der Waals surface area contributed by atoms with Crippen molar-refractivity contribution in [3.63, 3.8) is 0 Å². The number of fused-ring (bicyclic) bond motifs is 1. The Bertz CT molecular complexity index is 808. The van der Waals surface area contributed by atoms with Crippen molar-refractivity contribution in [3.8, 4) is 0 Å². The Labute approximate surface area is 117 Å². The molecule has 0 aliphatic heterocycles. The summed E-state index contributed by atoms with van der Waals surface area (Å²) < 4.78 is 12.7. The number of rotatable bonds is 3. The summed E-state index contributed by atoms with van der Waals surface area (Å²) in [6, 6.07) is 16.0. The number of hydrogen-bond donors (Lipinski definition) is 2. The zero-order valence-electron chi connectivity index (χ0n) is 10.4. The number of aromatic amines is 1. The van der Waals surface area contributed by atoms with Crippen LogP contribution in [0.4, 0.5) is 0 Å². The van der Waals surface area contributed by atoms with Crippen LogP contribution < -0.4 is 0 Å². The third-order valence-electron chi connectivity index (χ3n) is 3.01. The van der Waals surface area contributed by atoms with E-state index < -0.39 is 16.8 Å². The van der Waals surface area contributed by atoms with E-state index in [1.807, 2.05) is 6.07 Å². The van der Waals surface area contributed by atoms with E-state index in [1.54, 1.807) is 48.5 Å². The second-order valence-electron chi connectivity index (χ2n) is 4.26. The molecule has 100 valence electrons. The number of aromatic carboxylic acids is 1. The lowest BCUT2D eigenvalue weighted by Crippen LogP contribution is -2.03. The van der Waals surface area contributed by atoms with Gasteiger partial charge in [0.1, 0.15) is 5.69 Å². The van der Waals surface area contributed by atoms with Gasteiger partial charge in [0.25, 0.3) is 0 Å². The SMILES string of the molecule is O=C(O)c1[nH]c2ccccc2c1[S@](=O)c1ccccc1. The summed E-state index contributed by atoms with van der Waals surface area (Å²) in [5, 5.41) is 9.97. The van der Waals surface area contributed by atoms with Gasteiger partial charge in [0.2, 0.25) is 0 Å². The van der Waals surface area contributed by atoms with Gasteiger partial charge in [-0.05, 0) is 18.2 Å². The van der Waals surface area contributed by atoms with Crippen LogP contribution >= 0.6 is 0 Å². The first-order valence-electron chi connectivity index (χ1n) is 5.99. The number of hydrogen-bond acceptors (Lipinski definition) is 2. The number of carboxylic acid groups (broad SMARTS) is 1. The quantitative estimate of drug-likeness (QED) is 0.777. The topological polar surface area (TPSA) is 70.2 Å². The molecule has 2 aromatic carbocycles. The second-order valence-corrected chi connectivity index (χ2v) is 5.68. The third-order valence-corrected chi connectivity index (χ3v) is 4.51. The largest absolute Gasteiger partial charge is 0.477 e. The Morgan fingerprint density at radius 3 is 2.35 bits per heavy atom. The number of benzene rings is 2. The number of carboxylic acids is 1. The fourth-order valence-corrected chi connectivity index (χ4v) is 3.46. The molecule has 5 heteroatoms. The molecule has 0 amide bonds. The Morgan fingerprint density at radius 1 is 1.00 bits per heavy atom. The van der Waals surface area contributed by atoms with Crippen molar-refractivity contribution >= 4 is 27.7 Å². The maximum Gasteiger partial charge on any atom is 0.353 e. The van der Waals surface area contributed by atoms with Crippen LogP contribution in [0.2, 0.25) is 0 Å². The molecule has 0 aliphatic carbocycles. The van der Waals surface area contributed by atoms with Crippen LogP contribution in [0.25, 0.3) is 10.9 Å². The maximum absolute atomic E-state index is 12.7. The second kappa shape index (κ2) is 4.94. The molecule has 1 aromatic heterocycles. The molecule has 0 spiro atoms. The maximum atomic E-state index is 12.7. The third kappa shape index (κ3) is 2.02. The number of H-pyrrole nitrogens is 1. The van der Waals surface area contributed by atoms with Gasteiger partial charge in [0.15, 0.2) is 0 Å². The number of nitrogens with one attached hydrogen (secondary N) is 1. The molecular weight excluding hydrogens is 274 g/mol. The Hall–Kier alpha value is -2.40. The molecule has 0 saturated carbocycles. The van der Waals surface area contributed by atoms with Gasteiger partial charge < -0.3 is 10.1 Å². The molecule has 0 saturated heterocycles. The van der Waals surface area contributed by atoms with Crippen LogP contribution in [0, 0.1) is 0 Å². The van der Waals surface area contributed by atoms with Gasteiger partial charge in [-0.3, -0.25) is 0 Å². The lowest BCUT2D eigenvalue weighted by atomic mass is 10.2. The first kappa shape index (κ1) is 12.6. The van der Waals surface area contributed by atoms with Crippen LogP contribution in [0.15, 0.2) is 64.4 Å². The molecule has 4 nitrogen and oxygen atoms in total. The van der Waals surface area contributed by atoms with E-state index in [1.165, 1.54) is 0 Å². The van der Waals surface area contributed by atoms with E-state index in [-0.39, 0.29) is 5.69 Å². The van der Waals surface area contributed by atoms with Crippen molar-refractivity contribution in [2.45, 2.75) is 9.79 Å². The summed E-state index contributed by atoms with van der Waals surface area (Å²) in [5.41, 5.74) is 0.651. The first-order valence-corrected chi connectivity index (χ1v) is 7.14.